The molecule has 4 heteroatoms. The standard InChI is InChI=1S/C20H32NO2P/c1-7-24(8-2,9-3)20(11-10-12-20)19(22)21-18-15(4)13-17(23-6)14-16(18)5/h13-14H,7-12H2,1-6H3/p+1. The Labute approximate surface area is 147 Å². The van der Waals surface area contributed by atoms with Gasteiger partial charge in [-0.2, -0.15) is 0 Å². The Morgan fingerprint density at radius 2 is 1.62 bits per heavy atom. The second-order valence-electron chi connectivity index (χ2n) is 7.07. The van der Waals surface area contributed by atoms with Gasteiger partial charge in [0, 0.05) is 12.9 Å². The maximum absolute atomic E-state index is 13.4. The Balaban J connectivity index is 2.35. The number of amides is 1. The van der Waals surface area contributed by atoms with Crippen molar-refractivity contribution in [3.05, 3.63) is 23.3 Å². The average Bonchev–Trinajstić information content (AvgIpc) is 2.53. The quantitative estimate of drug-likeness (QED) is 0.682. The lowest BCUT2D eigenvalue weighted by molar-refractivity contribution is -0.120. The molecule has 0 atom stereocenters. The van der Waals surface area contributed by atoms with Crippen LogP contribution >= 0.6 is 7.26 Å². The number of aryl methyl sites for hydroxylation is 2. The van der Waals surface area contributed by atoms with Gasteiger partial charge in [-0.25, -0.2) is 0 Å². The van der Waals surface area contributed by atoms with Gasteiger partial charge in [-0.3, -0.25) is 4.79 Å². The van der Waals surface area contributed by atoms with Crippen LogP contribution < -0.4 is 10.1 Å². The molecule has 0 aliphatic heterocycles. The zero-order valence-corrected chi connectivity index (χ0v) is 17.1. The highest BCUT2D eigenvalue weighted by atomic mass is 31.2. The lowest BCUT2D eigenvalue weighted by atomic mass is 9.83. The van der Waals surface area contributed by atoms with E-state index in [0.717, 1.165) is 35.4 Å². The van der Waals surface area contributed by atoms with Crippen molar-refractivity contribution in [2.24, 2.45) is 0 Å². The second-order valence-corrected chi connectivity index (χ2v) is 12.1. The molecule has 0 saturated heterocycles. The third-order valence-electron chi connectivity index (χ3n) is 6.31. The number of nitrogens with one attached hydrogen (secondary N) is 1. The molecule has 1 amide bonds. The molecule has 1 fully saturated rings. The van der Waals surface area contributed by atoms with Crippen LogP contribution in [0.4, 0.5) is 5.69 Å². The van der Waals surface area contributed by atoms with Gasteiger partial charge < -0.3 is 10.1 Å². The first-order valence-corrected chi connectivity index (χ1v) is 11.6. The van der Waals surface area contributed by atoms with Crippen LogP contribution in [0.5, 0.6) is 5.75 Å². The third kappa shape index (κ3) is 2.96. The fraction of sp³-hybridized carbons (Fsp3) is 0.650. The SMILES string of the molecule is CC[P+](CC)(CC)C1(C(=O)Nc2c(C)cc(OC)cc2C)CCC1. The topological polar surface area (TPSA) is 38.3 Å². The van der Waals surface area contributed by atoms with E-state index in [4.69, 9.17) is 4.74 Å². The summed E-state index contributed by atoms with van der Waals surface area (Å²) in [7, 11) is 0.430. The normalized spacial score (nSPS) is 16.4. The van der Waals surface area contributed by atoms with Crippen LogP contribution in [0.25, 0.3) is 0 Å². The molecule has 0 aromatic heterocycles. The molecule has 0 bridgehead atoms. The first-order chi connectivity index (χ1) is 11.4. The fourth-order valence-electron chi connectivity index (χ4n) is 4.48. The van der Waals surface area contributed by atoms with Crippen LogP contribution in [0.15, 0.2) is 12.1 Å². The van der Waals surface area contributed by atoms with Crippen LogP contribution in [0.2, 0.25) is 0 Å². The van der Waals surface area contributed by atoms with Gasteiger partial charge in [0.2, 0.25) is 0 Å². The lowest BCUT2D eigenvalue weighted by Crippen LogP contribution is -2.52. The van der Waals surface area contributed by atoms with Crippen molar-refractivity contribution in [3.63, 3.8) is 0 Å². The number of hydrogen-bond donors (Lipinski definition) is 1. The summed E-state index contributed by atoms with van der Waals surface area (Å²) in [6, 6.07) is 4.00. The predicted molar refractivity (Wildman–Crippen MR) is 106 cm³/mol. The van der Waals surface area contributed by atoms with Gasteiger partial charge in [-0.1, -0.05) is 0 Å². The molecular weight excluding hydrogens is 317 g/mol. The minimum Gasteiger partial charge on any atom is -0.497 e. The molecule has 1 aromatic carbocycles. The van der Waals surface area contributed by atoms with Crippen molar-refractivity contribution in [3.8, 4) is 5.75 Å². The van der Waals surface area contributed by atoms with Gasteiger partial charge in [0.05, 0.1) is 25.6 Å². The molecule has 1 saturated carbocycles. The summed E-state index contributed by atoms with van der Waals surface area (Å²) in [4.78, 5) is 13.4. The summed E-state index contributed by atoms with van der Waals surface area (Å²) in [5.41, 5.74) is 3.11. The molecule has 1 aromatic rings. The van der Waals surface area contributed by atoms with Crippen molar-refractivity contribution >= 4 is 18.9 Å². The molecule has 0 radical (unpaired) electrons. The van der Waals surface area contributed by atoms with E-state index in [2.05, 4.69) is 26.1 Å². The molecule has 134 valence electrons. The van der Waals surface area contributed by atoms with E-state index >= 15 is 0 Å². The molecule has 2 rings (SSSR count). The minimum absolute atomic E-state index is 0.0932. The van der Waals surface area contributed by atoms with E-state index in [1.807, 2.05) is 26.0 Å². The minimum atomic E-state index is -1.25. The van der Waals surface area contributed by atoms with Gasteiger partial charge in [-0.15, -0.1) is 0 Å². The monoisotopic (exact) mass is 350 g/mol. The molecule has 0 heterocycles. The Kier molecular flexibility index (Phi) is 5.96. The number of hydrogen-bond acceptors (Lipinski definition) is 2. The molecule has 24 heavy (non-hydrogen) atoms. The Hall–Kier alpha value is -1.08. The Morgan fingerprint density at radius 3 is 1.96 bits per heavy atom. The highest BCUT2D eigenvalue weighted by molar-refractivity contribution is 7.78. The van der Waals surface area contributed by atoms with Crippen LogP contribution in [0.1, 0.15) is 51.2 Å². The number of benzene rings is 1. The van der Waals surface area contributed by atoms with Crippen molar-refractivity contribution in [1.82, 2.24) is 0 Å². The molecule has 1 aliphatic rings. The first-order valence-electron chi connectivity index (χ1n) is 9.22. The maximum Gasteiger partial charge on any atom is 0.268 e. The van der Waals surface area contributed by atoms with Gasteiger partial charge in [0.25, 0.3) is 5.91 Å². The number of anilines is 1. The van der Waals surface area contributed by atoms with Crippen molar-refractivity contribution in [2.45, 2.75) is 59.0 Å². The second kappa shape index (κ2) is 7.44. The van der Waals surface area contributed by atoms with Crippen LogP contribution in [0, 0.1) is 13.8 Å². The van der Waals surface area contributed by atoms with Crippen molar-refractivity contribution in [2.75, 3.05) is 30.9 Å². The lowest BCUT2D eigenvalue weighted by Gasteiger charge is -2.48. The highest BCUT2D eigenvalue weighted by Gasteiger charge is 2.63. The number of ether oxygens (including phenoxy) is 1. The van der Waals surface area contributed by atoms with Gasteiger partial charge in [0.1, 0.15) is 5.75 Å². The van der Waals surface area contributed by atoms with Crippen molar-refractivity contribution in [1.29, 1.82) is 0 Å². The fourth-order valence-corrected chi connectivity index (χ4v) is 9.39. The molecule has 0 spiro atoms. The predicted octanol–water partition coefficient (Wildman–Crippen LogP) is 5.25. The first kappa shape index (κ1) is 19.2. The van der Waals surface area contributed by atoms with E-state index in [1.165, 1.54) is 24.9 Å². The summed E-state index contributed by atoms with van der Waals surface area (Å²) in [5, 5.41) is 3.22. The largest absolute Gasteiger partial charge is 0.497 e. The van der Waals surface area contributed by atoms with Gasteiger partial charge in [0.15, 0.2) is 5.16 Å². The van der Waals surface area contributed by atoms with Crippen LogP contribution in [0.3, 0.4) is 0 Å². The summed E-state index contributed by atoms with van der Waals surface area (Å²) < 4.78 is 5.33. The number of carbonyl (C=O) groups is 1. The zero-order chi connectivity index (χ0) is 18.0. The average molecular weight is 350 g/mol. The van der Waals surface area contributed by atoms with E-state index in [0.29, 0.717) is 0 Å². The van der Waals surface area contributed by atoms with Gasteiger partial charge >= 0.3 is 0 Å². The van der Waals surface area contributed by atoms with Crippen LogP contribution in [-0.4, -0.2) is 36.7 Å². The van der Waals surface area contributed by atoms with Crippen LogP contribution in [-0.2, 0) is 4.79 Å². The molecule has 1 N–H and O–H groups in total. The Morgan fingerprint density at radius 1 is 1.12 bits per heavy atom. The zero-order valence-electron chi connectivity index (χ0n) is 16.2. The number of rotatable bonds is 7. The summed E-state index contributed by atoms with van der Waals surface area (Å²) in [6.07, 6.45) is 6.85. The summed E-state index contributed by atoms with van der Waals surface area (Å²) in [6.45, 7) is 11.0. The third-order valence-corrected chi connectivity index (χ3v) is 12.4. The highest BCUT2D eigenvalue weighted by Crippen LogP contribution is 2.74. The van der Waals surface area contributed by atoms with E-state index in [-0.39, 0.29) is 11.1 Å². The molecule has 3 nitrogen and oxygen atoms in total. The molecule has 1 aliphatic carbocycles. The van der Waals surface area contributed by atoms with E-state index in [9.17, 15) is 4.79 Å². The smallest absolute Gasteiger partial charge is 0.268 e. The molecule has 0 unspecified atom stereocenters. The molecular formula is C20H33NO2P+. The number of methoxy groups -OCH3 is 1. The van der Waals surface area contributed by atoms with E-state index < -0.39 is 7.26 Å². The maximum atomic E-state index is 13.4. The van der Waals surface area contributed by atoms with Crippen molar-refractivity contribution < 1.29 is 9.53 Å². The summed E-state index contributed by atoms with van der Waals surface area (Å²) in [5.74, 6) is 1.11. The van der Waals surface area contributed by atoms with Gasteiger partial charge in [-0.05, 0) is 77.1 Å². The van der Waals surface area contributed by atoms with E-state index in [1.54, 1.807) is 7.11 Å². The summed E-state index contributed by atoms with van der Waals surface area (Å²) >= 11 is 0. The Bertz CT molecular complexity index is 572. The number of carbonyl (C=O) groups excluding carboxylic acids is 1.